The molecule has 2 aromatic carbocycles. The topological polar surface area (TPSA) is 85.8 Å². The monoisotopic (exact) mass is 405 g/mol. The van der Waals surface area contributed by atoms with Gasteiger partial charge in [0, 0.05) is 5.69 Å². The molecule has 1 amide bonds. The number of rotatable bonds is 6. The summed E-state index contributed by atoms with van der Waals surface area (Å²) in [6.07, 6.45) is 1.70. The number of amides is 1. The van der Waals surface area contributed by atoms with Gasteiger partial charge in [0.1, 0.15) is 0 Å². The first-order chi connectivity index (χ1) is 14.1. The Labute approximate surface area is 172 Å². The average Bonchev–Trinajstić information content (AvgIpc) is 3.35. The highest BCUT2D eigenvalue weighted by Crippen LogP contribution is 2.27. The minimum atomic E-state index is -0.133. The number of hydrogen-bond acceptors (Lipinski definition) is 6. The lowest BCUT2D eigenvalue weighted by Crippen LogP contribution is -2.13. The van der Waals surface area contributed by atoms with E-state index < -0.39 is 0 Å². The molecule has 0 saturated carbocycles. The van der Waals surface area contributed by atoms with Crippen LogP contribution in [0.3, 0.4) is 0 Å². The molecule has 0 saturated heterocycles. The van der Waals surface area contributed by atoms with Crippen LogP contribution in [-0.4, -0.2) is 31.6 Å². The van der Waals surface area contributed by atoms with Crippen molar-refractivity contribution in [2.45, 2.75) is 19.1 Å². The van der Waals surface area contributed by atoms with Crippen molar-refractivity contribution in [1.29, 1.82) is 0 Å². The molecular weight excluding hydrogens is 386 g/mol. The van der Waals surface area contributed by atoms with Crippen LogP contribution in [0.1, 0.15) is 11.3 Å². The minimum absolute atomic E-state index is 0.133. The molecule has 7 nitrogen and oxygen atoms in total. The summed E-state index contributed by atoms with van der Waals surface area (Å²) < 4.78 is 7.54. The fourth-order valence-electron chi connectivity index (χ4n) is 2.79. The Morgan fingerprint density at radius 2 is 1.83 bits per heavy atom. The van der Waals surface area contributed by atoms with Gasteiger partial charge in [0.25, 0.3) is 11.1 Å². The van der Waals surface area contributed by atoms with Crippen molar-refractivity contribution >= 4 is 23.4 Å². The molecule has 0 unspecified atom stereocenters. The van der Waals surface area contributed by atoms with Crippen LogP contribution in [0.2, 0.25) is 0 Å². The smallest absolute Gasteiger partial charge is 0.277 e. The van der Waals surface area contributed by atoms with Gasteiger partial charge in [0.05, 0.1) is 28.9 Å². The van der Waals surface area contributed by atoms with Crippen molar-refractivity contribution in [2.24, 2.45) is 0 Å². The molecule has 0 aliphatic rings. The normalized spacial score (nSPS) is 10.8. The molecule has 4 aromatic rings. The van der Waals surface area contributed by atoms with Gasteiger partial charge in [0.2, 0.25) is 5.91 Å². The predicted molar refractivity (Wildman–Crippen MR) is 112 cm³/mol. The van der Waals surface area contributed by atoms with Gasteiger partial charge in [-0.15, -0.1) is 10.2 Å². The summed E-state index contributed by atoms with van der Waals surface area (Å²) in [7, 11) is 0. The molecule has 0 fully saturated rings. The molecule has 0 aliphatic carbocycles. The maximum atomic E-state index is 12.1. The highest BCUT2D eigenvalue weighted by atomic mass is 32.2. The van der Waals surface area contributed by atoms with E-state index in [1.54, 1.807) is 6.20 Å². The van der Waals surface area contributed by atoms with Crippen LogP contribution in [0.25, 0.3) is 17.1 Å². The number of aryl methyl sites for hydroxylation is 1. The van der Waals surface area contributed by atoms with Crippen molar-refractivity contribution in [1.82, 2.24) is 20.0 Å². The Balaban J connectivity index is 1.40. The molecule has 146 valence electrons. The van der Waals surface area contributed by atoms with E-state index in [1.165, 1.54) is 11.8 Å². The molecule has 29 heavy (non-hydrogen) atoms. The summed E-state index contributed by atoms with van der Waals surface area (Å²) in [6, 6.07) is 17.5. The molecule has 0 bridgehead atoms. The first-order valence-electron chi connectivity index (χ1n) is 9.03. The van der Waals surface area contributed by atoms with E-state index >= 15 is 0 Å². The van der Waals surface area contributed by atoms with E-state index in [0.717, 1.165) is 28.2 Å². The number of hydrogen-bond donors (Lipinski definition) is 1. The Bertz CT molecular complexity index is 1120. The Morgan fingerprint density at radius 1 is 1.07 bits per heavy atom. The summed E-state index contributed by atoms with van der Waals surface area (Å²) in [5.74, 6) is 0.426. The van der Waals surface area contributed by atoms with Crippen molar-refractivity contribution in [3.63, 3.8) is 0 Å². The van der Waals surface area contributed by atoms with Crippen LogP contribution >= 0.6 is 11.8 Å². The van der Waals surface area contributed by atoms with E-state index in [4.69, 9.17) is 4.42 Å². The number of para-hydroxylation sites is 1. The minimum Gasteiger partial charge on any atom is -0.411 e. The number of nitrogens with one attached hydrogen (secondary N) is 1. The van der Waals surface area contributed by atoms with Crippen LogP contribution in [0.15, 0.2) is 70.4 Å². The van der Waals surface area contributed by atoms with Gasteiger partial charge >= 0.3 is 0 Å². The van der Waals surface area contributed by atoms with Gasteiger partial charge in [-0.25, -0.2) is 4.68 Å². The SMILES string of the molecule is Cc1ccc(NC(=O)CSc2nnc(-c3cnn(-c4ccccc4)c3C)o2)cc1. The maximum Gasteiger partial charge on any atom is 0.277 e. The molecule has 4 rings (SSSR count). The number of carbonyl (C=O) groups excluding carboxylic acids is 1. The molecule has 1 N–H and O–H groups in total. The van der Waals surface area contributed by atoms with Crippen LogP contribution < -0.4 is 5.32 Å². The fraction of sp³-hybridized carbons (Fsp3) is 0.143. The highest BCUT2D eigenvalue weighted by molar-refractivity contribution is 7.99. The van der Waals surface area contributed by atoms with Crippen molar-refractivity contribution < 1.29 is 9.21 Å². The van der Waals surface area contributed by atoms with Gasteiger partial charge in [-0.05, 0) is 38.1 Å². The lowest BCUT2D eigenvalue weighted by atomic mass is 10.2. The summed E-state index contributed by atoms with van der Waals surface area (Å²) in [5, 5.41) is 15.7. The molecule has 0 spiro atoms. The van der Waals surface area contributed by atoms with E-state index in [1.807, 2.05) is 73.1 Å². The zero-order chi connectivity index (χ0) is 20.2. The summed E-state index contributed by atoms with van der Waals surface area (Å²) >= 11 is 1.20. The maximum absolute atomic E-state index is 12.1. The van der Waals surface area contributed by atoms with E-state index in [0.29, 0.717) is 11.1 Å². The van der Waals surface area contributed by atoms with Crippen molar-refractivity contribution in [3.8, 4) is 17.1 Å². The quantitative estimate of drug-likeness (QED) is 0.482. The first kappa shape index (κ1) is 18.9. The van der Waals surface area contributed by atoms with Crippen LogP contribution in [-0.2, 0) is 4.79 Å². The number of benzene rings is 2. The summed E-state index contributed by atoms with van der Waals surface area (Å²) in [6.45, 7) is 3.95. The van der Waals surface area contributed by atoms with Crippen molar-refractivity contribution in [2.75, 3.05) is 11.1 Å². The fourth-order valence-corrected chi connectivity index (χ4v) is 3.35. The molecule has 8 heteroatoms. The first-order valence-corrected chi connectivity index (χ1v) is 10.0. The standard InChI is InChI=1S/C21H19N5O2S/c1-14-8-10-16(11-9-14)23-19(27)13-29-21-25-24-20(28-21)18-12-22-26(15(18)2)17-6-4-3-5-7-17/h3-12H,13H2,1-2H3,(H,23,27). The average molecular weight is 405 g/mol. The van der Waals surface area contributed by atoms with Gasteiger partial charge in [0.15, 0.2) is 0 Å². The van der Waals surface area contributed by atoms with Crippen LogP contribution in [0.5, 0.6) is 0 Å². The van der Waals surface area contributed by atoms with Gasteiger partial charge in [-0.1, -0.05) is 47.7 Å². The zero-order valence-corrected chi connectivity index (χ0v) is 16.8. The van der Waals surface area contributed by atoms with Crippen LogP contribution in [0, 0.1) is 13.8 Å². The van der Waals surface area contributed by atoms with E-state index in [9.17, 15) is 4.79 Å². The zero-order valence-electron chi connectivity index (χ0n) is 16.0. The molecule has 2 heterocycles. The number of thioether (sulfide) groups is 1. The van der Waals surface area contributed by atoms with Crippen molar-refractivity contribution in [3.05, 3.63) is 72.1 Å². The largest absolute Gasteiger partial charge is 0.411 e. The second kappa shape index (κ2) is 8.32. The van der Waals surface area contributed by atoms with Gasteiger partial charge < -0.3 is 9.73 Å². The molecule has 0 radical (unpaired) electrons. The number of aromatic nitrogens is 4. The van der Waals surface area contributed by atoms with E-state index in [2.05, 4.69) is 20.6 Å². The number of carbonyl (C=O) groups is 1. The predicted octanol–water partition coefficient (Wildman–Crippen LogP) is 4.27. The molecule has 0 atom stereocenters. The van der Waals surface area contributed by atoms with Gasteiger partial charge in [-0.3, -0.25) is 4.79 Å². The second-order valence-electron chi connectivity index (χ2n) is 6.47. The third kappa shape index (κ3) is 4.38. The van der Waals surface area contributed by atoms with Gasteiger partial charge in [-0.2, -0.15) is 5.10 Å². The summed E-state index contributed by atoms with van der Waals surface area (Å²) in [4.78, 5) is 12.1. The lowest BCUT2D eigenvalue weighted by Gasteiger charge is -2.04. The molecule has 0 aliphatic heterocycles. The molecule has 2 aromatic heterocycles. The summed E-state index contributed by atoms with van der Waals surface area (Å²) in [5.41, 5.74) is 4.52. The highest BCUT2D eigenvalue weighted by Gasteiger charge is 2.17. The third-order valence-corrected chi connectivity index (χ3v) is 5.13. The van der Waals surface area contributed by atoms with E-state index in [-0.39, 0.29) is 11.7 Å². The second-order valence-corrected chi connectivity index (χ2v) is 7.39. The van der Waals surface area contributed by atoms with Crippen LogP contribution in [0.4, 0.5) is 5.69 Å². The third-order valence-electron chi connectivity index (χ3n) is 4.31. The Morgan fingerprint density at radius 3 is 2.59 bits per heavy atom. The Hall–Kier alpha value is -3.39. The lowest BCUT2D eigenvalue weighted by molar-refractivity contribution is -0.113. The number of anilines is 1. The molecular formula is C21H19N5O2S. The number of nitrogens with zero attached hydrogens (tertiary/aromatic N) is 4. The Kier molecular flexibility index (Phi) is 5.44.